The van der Waals surface area contributed by atoms with Crippen molar-refractivity contribution in [2.75, 3.05) is 19.7 Å². The number of carbonyl (C=O) groups excluding carboxylic acids is 1. The number of carboxylic acid groups (broad SMARTS) is 1. The van der Waals surface area contributed by atoms with Crippen molar-refractivity contribution in [3.05, 3.63) is 52.5 Å². The maximum atomic E-state index is 12.6. The molecule has 7 nitrogen and oxygen atoms in total. The summed E-state index contributed by atoms with van der Waals surface area (Å²) in [7, 11) is 0. The summed E-state index contributed by atoms with van der Waals surface area (Å²) >= 11 is 1.56. The zero-order valence-corrected chi connectivity index (χ0v) is 17.9. The standard InChI is InChI=1S/C19H22N2O3S.C2HF3O2/c22-18(16-4-8-25-13-16)21-7-2-5-19(14-21)9-17(12-24-19)23-11-15-3-1-6-20-10-15;3-2(4,5)1(6)7/h1,3-4,6,8,10,13,17H,2,5,7,9,11-12,14H2;(H,6,7)/t17-,19+;/m1./s1. The molecule has 4 rings (SSSR count). The maximum Gasteiger partial charge on any atom is 0.490 e. The fourth-order valence-electron chi connectivity index (χ4n) is 3.73. The number of pyridine rings is 1. The van der Waals surface area contributed by atoms with E-state index in [9.17, 15) is 18.0 Å². The van der Waals surface area contributed by atoms with Crippen molar-refractivity contribution in [2.45, 2.75) is 43.8 Å². The quantitative estimate of drug-likeness (QED) is 0.729. The van der Waals surface area contributed by atoms with E-state index in [0.717, 1.165) is 36.9 Å². The van der Waals surface area contributed by atoms with Crippen molar-refractivity contribution in [1.29, 1.82) is 0 Å². The molecule has 2 atom stereocenters. The van der Waals surface area contributed by atoms with Crippen LogP contribution in [0, 0.1) is 0 Å². The number of hydrogen-bond acceptors (Lipinski definition) is 6. The molecule has 1 spiro atoms. The van der Waals surface area contributed by atoms with E-state index >= 15 is 0 Å². The first-order chi connectivity index (χ1) is 15.2. The molecule has 2 aliphatic heterocycles. The van der Waals surface area contributed by atoms with E-state index in [1.807, 2.05) is 40.1 Å². The Bertz CT molecular complexity index is 895. The predicted molar refractivity (Wildman–Crippen MR) is 109 cm³/mol. The van der Waals surface area contributed by atoms with Crippen LogP contribution in [-0.2, 0) is 20.9 Å². The third-order valence-corrected chi connectivity index (χ3v) is 5.90. The fourth-order valence-corrected chi connectivity index (χ4v) is 4.36. The van der Waals surface area contributed by atoms with Gasteiger partial charge in [0, 0.05) is 30.7 Å². The average molecular weight is 472 g/mol. The molecule has 0 unspecified atom stereocenters. The molecule has 2 aliphatic rings. The van der Waals surface area contributed by atoms with Crippen LogP contribution in [0.15, 0.2) is 41.4 Å². The van der Waals surface area contributed by atoms with Crippen LogP contribution in [0.3, 0.4) is 0 Å². The van der Waals surface area contributed by atoms with Gasteiger partial charge < -0.3 is 19.5 Å². The molecule has 32 heavy (non-hydrogen) atoms. The largest absolute Gasteiger partial charge is 0.490 e. The van der Waals surface area contributed by atoms with E-state index in [4.69, 9.17) is 19.4 Å². The Morgan fingerprint density at radius 2 is 2.16 bits per heavy atom. The third-order valence-electron chi connectivity index (χ3n) is 5.22. The Kier molecular flexibility index (Phi) is 7.86. The zero-order valence-electron chi connectivity index (χ0n) is 17.1. The molecule has 2 saturated heterocycles. The average Bonchev–Trinajstić information content (AvgIpc) is 3.43. The molecule has 11 heteroatoms. The second kappa shape index (κ2) is 10.4. The predicted octanol–water partition coefficient (Wildman–Crippen LogP) is 3.76. The maximum absolute atomic E-state index is 12.6. The third kappa shape index (κ3) is 6.50. The summed E-state index contributed by atoms with van der Waals surface area (Å²) in [5, 5.41) is 11.0. The monoisotopic (exact) mass is 472 g/mol. The van der Waals surface area contributed by atoms with Crippen LogP contribution >= 0.6 is 11.3 Å². The molecule has 4 heterocycles. The van der Waals surface area contributed by atoms with Crippen LogP contribution in [0.4, 0.5) is 13.2 Å². The van der Waals surface area contributed by atoms with Crippen molar-refractivity contribution in [3.8, 4) is 0 Å². The number of likely N-dealkylation sites (tertiary alicyclic amines) is 1. The summed E-state index contributed by atoms with van der Waals surface area (Å²) in [5.41, 5.74) is 1.61. The van der Waals surface area contributed by atoms with Gasteiger partial charge in [-0.05, 0) is 35.9 Å². The number of hydrogen-bond donors (Lipinski definition) is 1. The normalized spacial score (nSPS) is 23.0. The second-order valence-corrected chi connectivity index (χ2v) is 8.42. The van der Waals surface area contributed by atoms with Crippen molar-refractivity contribution in [3.63, 3.8) is 0 Å². The van der Waals surface area contributed by atoms with E-state index in [0.29, 0.717) is 19.8 Å². The highest BCUT2D eigenvalue weighted by molar-refractivity contribution is 7.08. The number of aromatic nitrogens is 1. The van der Waals surface area contributed by atoms with Gasteiger partial charge in [0.25, 0.3) is 5.91 Å². The minimum absolute atomic E-state index is 0.0800. The number of amides is 1. The molecular formula is C21H23F3N2O5S. The molecular weight excluding hydrogens is 449 g/mol. The van der Waals surface area contributed by atoms with Gasteiger partial charge in [0.05, 0.1) is 37.0 Å². The zero-order chi connectivity index (χ0) is 23.2. The summed E-state index contributed by atoms with van der Waals surface area (Å²) in [5.74, 6) is -2.64. The Hall–Kier alpha value is -2.50. The number of aliphatic carboxylic acids is 1. The van der Waals surface area contributed by atoms with E-state index in [1.54, 1.807) is 17.5 Å². The fraction of sp³-hybridized carbons (Fsp3) is 0.476. The highest BCUT2D eigenvalue weighted by Crippen LogP contribution is 2.36. The van der Waals surface area contributed by atoms with Gasteiger partial charge in [0.2, 0.25) is 0 Å². The Balaban J connectivity index is 0.000000360. The molecule has 2 aromatic heterocycles. The molecule has 174 valence electrons. The summed E-state index contributed by atoms with van der Waals surface area (Å²) in [6.07, 6.45) is 1.40. The lowest BCUT2D eigenvalue weighted by Gasteiger charge is -2.39. The summed E-state index contributed by atoms with van der Waals surface area (Å²) in [6.45, 7) is 2.62. The molecule has 2 fully saturated rings. The van der Waals surface area contributed by atoms with Crippen LogP contribution in [0.5, 0.6) is 0 Å². The van der Waals surface area contributed by atoms with E-state index < -0.39 is 12.1 Å². The van der Waals surface area contributed by atoms with E-state index in [-0.39, 0.29) is 17.6 Å². The van der Waals surface area contributed by atoms with Crippen LogP contribution < -0.4 is 0 Å². The highest BCUT2D eigenvalue weighted by Gasteiger charge is 2.45. The number of alkyl halides is 3. The number of rotatable bonds is 4. The minimum atomic E-state index is -5.08. The van der Waals surface area contributed by atoms with E-state index in [1.165, 1.54) is 0 Å². The van der Waals surface area contributed by atoms with Crippen LogP contribution in [-0.4, -0.2) is 64.4 Å². The molecule has 0 aliphatic carbocycles. The van der Waals surface area contributed by atoms with Gasteiger partial charge in [-0.25, -0.2) is 4.79 Å². The van der Waals surface area contributed by atoms with Crippen molar-refractivity contribution >= 4 is 23.2 Å². The number of carboxylic acids is 1. The van der Waals surface area contributed by atoms with Gasteiger partial charge in [-0.1, -0.05) is 6.07 Å². The molecule has 0 bridgehead atoms. The molecule has 1 amide bonds. The lowest BCUT2D eigenvalue weighted by molar-refractivity contribution is -0.192. The van der Waals surface area contributed by atoms with Gasteiger partial charge in [0.15, 0.2) is 0 Å². The highest BCUT2D eigenvalue weighted by atomic mass is 32.1. The van der Waals surface area contributed by atoms with E-state index in [2.05, 4.69) is 4.98 Å². The van der Waals surface area contributed by atoms with Crippen LogP contribution in [0.1, 0.15) is 35.2 Å². The number of piperidine rings is 1. The number of carbonyl (C=O) groups is 2. The minimum Gasteiger partial charge on any atom is -0.475 e. The molecule has 0 saturated carbocycles. The number of nitrogens with zero attached hydrogens (tertiary/aromatic N) is 2. The van der Waals surface area contributed by atoms with Gasteiger partial charge >= 0.3 is 12.1 Å². The van der Waals surface area contributed by atoms with Gasteiger partial charge in [0.1, 0.15) is 0 Å². The Morgan fingerprint density at radius 3 is 2.78 bits per heavy atom. The van der Waals surface area contributed by atoms with Crippen LogP contribution in [0.2, 0.25) is 0 Å². The topological polar surface area (TPSA) is 89.0 Å². The number of ether oxygens (including phenoxy) is 2. The first-order valence-electron chi connectivity index (χ1n) is 9.95. The summed E-state index contributed by atoms with van der Waals surface area (Å²) in [6, 6.07) is 5.82. The SMILES string of the molecule is O=C(O)C(F)(F)F.O=C(c1ccsc1)N1CCC[C@]2(C[C@@H](OCc3cccnc3)CO2)C1. The second-order valence-electron chi connectivity index (χ2n) is 7.64. The first-order valence-corrected chi connectivity index (χ1v) is 10.9. The Morgan fingerprint density at radius 1 is 1.38 bits per heavy atom. The lowest BCUT2D eigenvalue weighted by atomic mass is 9.89. The molecule has 1 N–H and O–H groups in total. The van der Waals surface area contributed by atoms with Gasteiger partial charge in [-0.15, -0.1) is 0 Å². The smallest absolute Gasteiger partial charge is 0.475 e. The van der Waals surface area contributed by atoms with Crippen molar-refractivity contribution in [1.82, 2.24) is 9.88 Å². The Labute approximate surface area is 186 Å². The summed E-state index contributed by atoms with van der Waals surface area (Å²) < 4.78 is 43.9. The summed E-state index contributed by atoms with van der Waals surface area (Å²) in [4.78, 5) is 27.6. The van der Waals surface area contributed by atoms with Crippen LogP contribution in [0.25, 0.3) is 0 Å². The first kappa shape index (κ1) is 24.1. The number of halogens is 3. The molecule has 0 aromatic carbocycles. The number of thiophene rings is 1. The van der Waals surface area contributed by atoms with Crippen molar-refractivity contribution < 1.29 is 37.3 Å². The van der Waals surface area contributed by atoms with Crippen molar-refractivity contribution in [2.24, 2.45) is 0 Å². The molecule has 2 aromatic rings. The molecule has 0 radical (unpaired) electrons. The van der Waals surface area contributed by atoms with Gasteiger partial charge in [-0.2, -0.15) is 24.5 Å². The lowest BCUT2D eigenvalue weighted by Crippen LogP contribution is -2.50. The van der Waals surface area contributed by atoms with Gasteiger partial charge in [-0.3, -0.25) is 9.78 Å².